The Morgan fingerprint density at radius 3 is 3.00 bits per heavy atom. The molecule has 0 fully saturated rings. The lowest BCUT2D eigenvalue weighted by Gasteiger charge is -2.06. The van der Waals surface area contributed by atoms with Gasteiger partial charge in [0.1, 0.15) is 0 Å². The van der Waals surface area contributed by atoms with Gasteiger partial charge in [-0.1, -0.05) is 18.2 Å². The van der Waals surface area contributed by atoms with Gasteiger partial charge in [0.05, 0.1) is 7.11 Å². The molecule has 0 aliphatic rings. The number of hydrogen-bond acceptors (Lipinski definition) is 4. The predicted octanol–water partition coefficient (Wildman–Crippen LogP) is 2.00. The summed E-state index contributed by atoms with van der Waals surface area (Å²) in [5.74, 6) is 0.320. The maximum atomic E-state index is 11.8. The first kappa shape index (κ1) is 14.6. The van der Waals surface area contributed by atoms with Crippen LogP contribution in [0.1, 0.15) is 11.1 Å². The molecule has 1 heterocycles. The predicted molar refractivity (Wildman–Crippen MR) is 82.5 cm³/mol. The number of benzene rings is 1. The van der Waals surface area contributed by atoms with Gasteiger partial charge in [0.15, 0.2) is 0 Å². The molecule has 0 saturated heterocycles. The summed E-state index contributed by atoms with van der Waals surface area (Å²) in [4.78, 5) is 15.9. The Morgan fingerprint density at radius 1 is 1.38 bits per heavy atom. The van der Waals surface area contributed by atoms with Crippen molar-refractivity contribution in [2.75, 3.05) is 12.8 Å². The molecule has 0 saturated carbocycles. The van der Waals surface area contributed by atoms with Gasteiger partial charge in [-0.15, -0.1) is 0 Å². The van der Waals surface area contributed by atoms with Crippen molar-refractivity contribution in [2.24, 2.45) is 0 Å². The first-order valence-corrected chi connectivity index (χ1v) is 6.48. The Kier molecular flexibility index (Phi) is 4.93. The number of carbonyl (C=O) groups is 1. The number of nitrogens with zero attached hydrogens (tertiary/aromatic N) is 1. The van der Waals surface area contributed by atoms with Gasteiger partial charge in [-0.3, -0.25) is 4.79 Å². The minimum absolute atomic E-state index is 0.191. The van der Waals surface area contributed by atoms with Gasteiger partial charge in [0.2, 0.25) is 11.8 Å². The van der Waals surface area contributed by atoms with Gasteiger partial charge in [-0.25, -0.2) is 4.98 Å². The van der Waals surface area contributed by atoms with Gasteiger partial charge < -0.3 is 15.8 Å². The third kappa shape index (κ3) is 4.35. The van der Waals surface area contributed by atoms with Crippen molar-refractivity contribution in [3.05, 3.63) is 59.8 Å². The number of anilines is 1. The Morgan fingerprint density at radius 2 is 2.24 bits per heavy atom. The van der Waals surface area contributed by atoms with E-state index < -0.39 is 0 Å². The molecule has 1 aromatic carbocycles. The number of nitrogen functional groups attached to an aromatic ring is 1. The molecule has 1 amide bonds. The first-order valence-electron chi connectivity index (χ1n) is 6.48. The van der Waals surface area contributed by atoms with E-state index in [0.717, 1.165) is 11.1 Å². The number of pyridine rings is 1. The average Bonchev–Trinajstić information content (AvgIpc) is 2.51. The number of nitrogens with two attached hydrogens (primary N) is 1. The zero-order valence-electron chi connectivity index (χ0n) is 11.7. The Bertz CT molecular complexity index is 653. The van der Waals surface area contributed by atoms with Crippen LogP contribution in [0.5, 0.6) is 5.88 Å². The van der Waals surface area contributed by atoms with E-state index in [9.17, 15) is 4.79 Å². The second kappa shape index (κ2) is 7.09. The zero-order chi connectivity index (χ0) is 15.1. The van der Waals surface area contributed by atoms with Gasteiger partial charge in [-0.05, 0) is 29.8 Å². The van der Waals surface area contributed by atoms with E-state index in [-0.39, 0.29) is 5.91 Å². The van der Waals surface area contributed by atoms with E-state index in [1.54, 1.807) is 37.6 Å². The van der Waals surface area contributed by atoms with Crippen molar-refractivity contribution in [1.82, 2.24) is 10.3 Å². The molecule has 0 unspecified atom stereocenters. The molecule has 0 atom stereocenters. The molecule has 5 nitrogen and oxygen atoms in total. The Hall–Kier alpha value is -2.82. The summed E-state index contributed by atoms with van der Waals surface area (Å²) in [6.07, 6.45) is 4.83. The summed E-state index contributed by atoms with van der Waals surface area (Å²) >= 11 is 0. The van der Waals surface area contributed by atoms with Crippen LogP contribution in [0.15, 0.2) is 48.7 Å². The normalized spacial score (nSPS) is 10.5. The Labute approximate surface area is 123 Å². The molecular formula is C16H17N3O2. The van der Waals surface area contributed by atoms with Crippen LogP contribution in [-0.2, 0) is 11.3 Å². The standard InChI is InChI=1S/C16H17N3O2/c1-21-16-13(5-3-9-18-16)11-19-15(20)8-7-12-4-2-6-14(17)10-12/h2-10H,11,17H2,1H3,(H,19,20)/b8-7+. The van der Waals surface area contributed by atoms with E-state index in [1.165, 1.54) is 6.08 Å². The molecule has 3 N–H and O–H groups in total. The molecule has 1 aromatic heterocycles. The Balaban J connectivity index is 1.93. The van der Waals surface area contributed by atoms with E-state index in [1.807, 2.05) is 18.2 Å². The summed E-state index contributed by atoms with van der Waals surface area (Å²) in [5, 5.41) is 2.78. The summed E-state index contributed by atoms with van der Waals surface area (Å²) < 4.78 is 5.13. The van der Waals surface area contributed by atoms with Crippen molar-refractivity contribution < 1.29 is 9.53 Å². The number of methoxy groups -OCH3 is 1. The van der Waals surface area contributed by atoms with Crippen LogP contribution in [-0.4, -0.2) is 18.0 Å². The third-order valence-electron chi connectivity index (χ3n) is 2.83. The molecule has 2 aromatic rings. The van der Waals surface area contributed by atoms with Crippen molar-refractivity contribution in [2.45, 2.75) is 6.54 Å². The lowest BCUT2D eigenvalue weighted by atomic mass is 10.2. The van der Waals surface area contributed by atoms with Crippen LogP contribution in [0, 0.1) is 0 Å². The fourth-order valence-electron chi connectivity index (χ4n) is 1.82. The molecule has 0 aliphatic heterocycles. The highest BCUT2D eigenvalue weighted by atomic mass is 16.5. The van der Waals surface area contributed by atoms with Crippen LogP contribution in [0.4, 0.5) is 5.69 Å². The van der Waals surface area contributed by atoms with Gasteiger partial charge in [0, 0.05) is 30.1 Å². The molecule has 108 valence electrons. The lowest BCUT2D eigenvalue weighted by molar-refractivity contribution is -0.116. The van der Waals surface area contributed by atoms with E-state index >= 15 is 0 Å². The fraction of sp³-hybridized carbons (Fsp3) is 0.125. The van der Waals surface area contributed by atoms with Crippen LogP contribution in [0.25, 0.3) is 6.08 Å². The molecule has 21 heavy (non-hydrogen) atoms. The quantitative estimate of drug-likeness (QED) is 0.650. The molecular weight excluding hydrogens is 266 g/mol. The van der Waals surface area contributed by atoms with Gasteiger partial charge in [-0.2, -0.15) is 0 Å². The molecule has 0 spiro atoms. The maximum absolute atomic E-state index is 11.8. The highest BCUT2D eigenvalue weighted by Crippen LogP contribution is 2.13. The SMILES string of the molecule is COc1ncccc1CNC(=O)/C=C/c1cccc(N)c1. The summed E-state index contributed by atoms with van der Waals surface area (Å²) in [7, 11) is 1.55. The number of hydrogen-bond donors (Lipinski definition) is 2. The van der Waals surface area contributed by atoms with Crippen molar-refractivity contribution >= 4 is 17.7 Å². The fourth-order valence-corrected chi connectivity index (χ4v) is 1.82. The number of nitrogens with one attached hydrogen (secondary N) is 1. The lowest BCUT2D eigenvalue weighted by Crippen LogP contribution is -2.20. The monoisotopic (exact) mass is 283 g/mol. The molecule has 0 bridgehead atoms. The summed E-state index contributed by atoms with van der Waals surface area (Å²) in [5.41, 5.74) is 8.04. The largest absolute Gasteiger partial charge is 0.481 e. The minimum Gasteiger partial charge on any atom is -0.481 e. The smallest absolute Gasteiger partial charge is 0.244 e. The highest BCUT2D eigenvalue weighted by molar-refractivity contribution is 5.91. The van der Waals surface area contributed by atoms with E-state index in [4.69, 9.17) is 10.5 Å². The van der Waals surface area contributed by atoms with Crippen molar-refractivity contribution in [1.29, 1.82) is 0 Å². The summed E-state index contributed by atoms with van der Waals surface area (Å²) in [6.45, 7) is 0.358. The van der Waals surface area contributed by atoms with Crippen molar-refractivity contribution in [3.8, 4) is 5.88 Å². The second-order valence-electron chi connectivity index (χ2n) is 4.39. The second-order valence-corrected chi connectivity index (χ2v) is 4.39. The molecule has 2 rings (SSSR count). The van der Waals surface area contributed by atoms with E-state index in [0.29, 0.717) is 18.1 Å². The van der Waals surface area contributed by atoms with Gasteiger partial charge >= 0.3 is 0 Å². The summed E-state index contributed by atoms with van der Waals surface area (Å²) in [6, 6.07) is 11.0. The molecule has 0 radical (unpaired) electrons. The average molecular weight is 283 g/mol. The van der Waals surface area contributed by atoms with Crippen LogP contribution in [0.2, 0.25) is 0 Å². The van der Waals surface area contributed by atoms with Crippen LogP contribution >= 0.6 is 0 Å². The van der Waals surface area contributed by atoms with E-state index in [2.05, 4.69) is 10.3 Å². The van der Waals surface area contributed by atoms with Gasteiger partial charge in [0.25, 0.3) is 0 Å². The van der Waals surface area contributed by atoms with Crippen molar-refractivity contribution in [3.63, 3.8) is 0 Å². The number of carbonyl (C=O) groups excluding carboxylic acids is 1. The maximum Gasteiger partial charge on any atom is 0.244 e. The molecule has 0 aliphatic carbocycles. The number of amides is 1. The first-order chi connectivity index (χ1) is 10.2. The number of aromatic nitrogens is 1. The van der Waals surface area contributed by atoms with Crippen LogP contribution < -0.4 is 15.8 Å². The minimum atomic E-state index is -0.191. The topological polar surface area (TPSA) is 77.2 Å². The number of rotatable bonds is 5. The molecule has 5 heteroatoms. The highest BCUT2D eigenvalue weighted by Gasteiger charge is 2.04. The zero-order valence-corrected chi connectivity index (χ0v) is 11.7. The third-order valence-corrected chi connectivity index (χ3v) is 2.83. The number of ether oxygens (including phenoxy) is 1. The van der Waals surface area contributed by atoms with Crippen LogP contribution in [0.3, 0.4) is 0 Å².